The van der Waals surface area contributed by atoms with Crippen LogP contribution >= 0.6 is 23.4 Å². The van der Waals surface area contributed by atoms with Crippen molar-refractivity contribution in [3.8, 4) is 5.75 Å². The zero-order chi connectivity index (χ0) is 15.1. The van der Waals surface area contributed by atoms with E-state index in [1.807, 2.05) is 12.1 Å². The van der Waals surface area contributed by atoms with Crippen molar-refractivity contribution in [2.75, 3.05) is 12.4 Å². The van der Waals surface area contributed by atoms with Gasteiger partial charge in [-0.25, -0.2) is 9.78 Å². The number of benzene rings is 1. The third-order valence-corrected chi connectivity index (χ3v) is 3.95. The smallest absolute Gasteiger partial charge is 0.338 e. The minimum atomic E-state index is -0.956. The van der Waals surface area contributed by atoms with Crippen molar-refractivity contribution in [1.29, 1.82) is 0 Å². The standard InChI is InChI=1S/C15H14ClNO3S/c16-11-4-6-12(7-5-11)20-9-2-10-21-14-13(15(18)19)3-1-8-17-14/h1,3-8H,2,9-10H2,(H,18,19). The van der Waals surface area contributed by atoms with Crippen molar-refractivity contribution >= 4 is 29.3 Å². The second-order valence-electron chi connectivity index (χ2n) is 4.17. The van der Waals surface area contributed by atoms with Crippen LogP contribution in [0.2, 0.25) is 5.02 Å². The average molecular weight is 324 g/mol. The van der Waals surface area contributed by atoms with E-state index in [2.05, 4.69) is 4.98 Å². The second-order valence-corrected chi connectivity index (χ2v) is 5.69. The lowest BCUT2D eigenvalue weighted by molar-refractivity contribution is 0.0692. The van der Waals surface area contributed by atoms with Crippen molar-refractivity contribution in [2.24, 2.45) is 0 Å². The molecule has 0 amide bonds. The maximum atomic E-state index is 11.0. The number of ether oxygens (including phenoxy) is 1. The van der Waals surface area contributed by atoms with Gasteiger partial charge in [-0.3, -0.25) is 0 Å². The molecule has 110 valence electrons. The Morgan fingerprint density at radius 1 is 1.29 bits per heavy atom. The molecule has 2 rings (SSSR count). The molecule has 1 heterocycles. The molecule has 0 bridgehead atoms. The molecule has 1 N–H and O–H groups in total. The average Bonchev–Trinajstić information content (AvgIpc) is 2.49. The fourth-order valence-corrected chi connectivity index (χ4v) is 2.64. The van der Waals surface area contributed by atoms with Crippen LogP contribution in [0.5, 0.6) is 5.75 Å². The zero-order valence-electron chi connectivity index (χ0n) is 11.2. The van der Waals surface area contributed by atoms with Gasteiger partial charge >= 0.3 is 5.97 Å². The summed E-state index contributed by atoms with van der Waals surface area (Å²) in [5, 5.41) is 10.3. The van der Waals surface area contributed by atoms with Crippen LogP contribution in [0.25, 0.3) is 0 Å². The molecule has 4 nitrogen and oxygen atoms in total. The topological polar surface area (TPSA) is 59.4 Å². The molecule has 2 aromatic rings. The van der Waals surface area contributed by atoms with E-state index in [0.717, 1.165) is 17.9 Å². The van der Waals surface area contributed by atoms with Crippen LogP contribution in [0, 0.1) is 0 Å². The molecular formula is C15H14ClNO3S. The Balaban J connectivity index is 1.75. The number of hydrogen-bond donors (Lipinski definition) is 1. The molecule has 0 saturated carbocycles. The molecule has 6 heteroatoms. The van der Waals surface area contributed by atoms with Crippen molar-refractivity contribution in [3.05, 3.63) is 53.2 Å². The molecule has 1 aromatic carbocycles. The molecular weight excluding hydrogens is 310 g/mol. The summed E-state index contributed by atoms with van der Waals surface area (Å²) in [6.45, 7) is 0.559. The summed E-state index contributed by atoms with van der Waals surface area (Å²) in [5.41, 5.74) is 0.237. The number of carbonyl (C=O) groups is 1. The van der Waals surface area contributed by atoms with E-state index in [-0.39, 0.29) is 5.56 Å². The third kappa shape index (κ3) is 4.95. The minimum absolute atomic E-state index is 0.237. The molecule has 0 spiro atoms. The minimum Gasteiger partial charge on any atom is -0.494 e. The van der Waals surface area contributed by atoms with Gasteiger partial charge in [-0.15, -0.1) is 11.8 Å². The first-order valence-electron chi connectivity index (χ1n) is 6.36. The van der Waals surface area contributed by atoms with Crippen LogP contribution < -0.4 is 4.74 Å². The highest BCUT2D eigenvalue weighted by Gasteiger charge is 2.10. The molecule has 0 atom stereocenters. The monoisotopic (exact) mass is 323 g/mol. The van der Waals surface area contributed by atoms with Gasteiger partial charge in [0.15, 0.2) is 0 Å². The maximum absolute atomic E-state index is 11.0. The predicted octanol–water partition coefficient (Wildman–Crippen LogP) is 3.99. The fourth-order valence-electron chi connectivity index (χ4n) is 1.62. The van der Waals surface area contributed by atoms with Gasteiger partial charge in [0.1, 0.15) is 10.8 Å². The lowest BCUT2D eigenvalue weighted by atomic mass is 10.3. The maximum Gasteiger partial charge on any atom is 0.338 e. The van der Waals surface area contributed by atoms with E-state index in [0.29, 0.717) is 16.7 Å². The number of pyridine rings is 1. The quantitative estimate of drug-likeness (QED) is 0.616. The van der Waals surface area contributed by atoms with Crippen molar-refractivity contribution in [1.82, 2.24) is 4.98 Å². The van der Waals surface area contributed by atoms with Gasteiger partial charge < -0.3 is 9.84 Å². The highest BCUT2D eigenvalue weighted by atomic mass is 35.5. The molecule has 21 heavy (non-hydrogen) atoms. The number of rotatable bonds is 7. The van der Waals surface area contributed by atoms with Crippen LogP contribution in [0.1, 0.15) is 16.8 Å². The fraction of sp³-hybridized carbons (Fsp3) is 0.200. The van der Waals surface area contributed by atoms with E-state index in [9.17, 15) is 4.79 Å². The predicted molar refractivity (Wildman–Crippen MR) is 83.5 cm³/mol. The molecule has 0 fully saturated rings. The Hall–Kier alpha value is -1.72. The Morgan fingerprint density at radius 3 is 2.76 bits per heavy atom. The van der Waals surface area contributed by atoms with E-state index < -0.39 is 5.97 Å². The third-order valence-electron chi connectivity index (χ3n) is 2.61. The van der Waals surface area contributed by atoms with E-state index >= 15 is 0 Å². The van der Waals surface area contributed by atoms with Gasteiger partial charge in [0.05, 0.1) is 12.2 Å². The Kier molecular flexibility index (Phi) is 5.90. The molecule has 1 aromatic heterocycles. The highest BCUT2D eigenvalue weighted by Crippen LogP contribution is 2.21. The number of nitrogens with zero attached hydrogens (tertiary/aromatic N) is 1. The Labute approximate surface area is 132 Å². The van der Waals surface area contributed by atoms with Gasteiger partial charge in [-0.2, -0.15) is 0 Å². The van der Waals surface area contributed by atoms with Crippen LogP contribution in [0.15, 0.2) is 47.6 Å². The van der Waals surface area contributed by atoms with E-state index in [4.69, 9.17) is 21.4 Å². The van der Waals surface area contributed by atoms with Crippen molar-refractivity contribution < 1.29 is 14.6 Å². The summed E-state index contributed by atoms with van der Waals surface area (Å²) in [4.78, 5) is 15.1. The van der Waals surface area contributed by atoms with Gasteiger partial charge in [0, 0.05) is 17.0 Å². The number of hydrogen-bond acceptors (Lipinski definition) is 4. The number of thioether (sulfide) groups is 1. The number of aromatic nitrogens is 1. The lowest BCUT2D eigenvalue weighted by Gasteiger charge is -2.07. The summed E-state index contributed by atoms with van der Waals surface area (Å²) in [5.74, 6) is 0.557. The second kappa shape index (κ2) is 7.90. The first kappa shape index (κ1) is 15.7. The summed E-state index contributed by atoms with van der Waals surface area (Å²) >= 11 is 7.21. The van der Waals surface area contributed by atoms with E-state index in [1.165, 1.54) is 11.8 Å². The highest BCUT2D eigenvalue weighted by molar-refractivity contribution is 7.99. The number of carboxylic acid groups (broad SMARTS) is 1. The van der Waals surface area contributed by atoms with Crippen LogP contribution in [-0.2, 0) is 0 Å². The molecule has 0 radical (unpaired) electrons. The summed E-state index contributed by atoms with van der Waals surface area (Å²) in [6.07, 6.45) is 2.39. The number of carboxylic acids is 1. The number of aromatic carboxylic acids is 1. The van der Waals surface area contributed by atoms with Crippen LogP contribution in [0.4, 0.5) is 0 Å². The molecule has 0 aliphatic rings. The zero-order valence-corrected chi connectivity index (χ0v) is 12.7. The lowest BCUT2D eigenvalue weighted by Crippen LogP contribution is -2.02. The molecule has 0 unspecified atom stereocenters. The van der Waals surface area contributed by atoms with Gasteiger partial charge in [0.25, 0.3) is 0 Å². The van der Waals surface area contributed by atoms with Crippen molar-refractivity contribution in [3.63, 3.8) is 0 Å². The number of halogens is 1. The van der Waals surface area contributed by atoms with Crippen LogP contribution in [0.3, 0.4) is 0 Å². The summed E-state index contributed by atoms with van der Waals surface area (Å²) in [6, 6.07) is 10.4. The largest absolute Gasteiger partial charge is 0.494 e. The SMILES string of the molecule is O=C(O)c1cccnc1SCCCOc1ccc(Cl)cc1. The van der Waals surface area contributed by atoms with Crippen molar-refractivity contribution in [2.45, 2.75) is 11.4 Å². The Bertz CT molecular complexity index is 604. The van der Waals surface area contributed by atoms with E-state index in [1.54, 1.807) is 30.5 Å². The van der Waals surface area contributed by atoms with Gasteiger partial charge in [-0.05, 0) is 42.8 Å². The normalized spacial score (nSPS) is 10.3. The Morgan fingerprint density at radius 2 is 2.05 bits per heavy atom. The molecule has 0 saturated heterocycles. The molecule has 0 aliphatic heterocycles. The first-order chi connectivity index (χ1) is 10.2. The first-order valence-corrected chi connectivity index (χ1v) is 7.72. The molecule has 0 aliphatic carbocycles. The van der Waals surface area contributed by atoms with Gasteiger partial charge in [0.2, 0.25) is 0 Å². The summed E-state index contributed by atoms with van der Waals surface area (Å²) in [7, 11) is 0. The van der Waals surface area contributed by atoms with Crippen LogP contribution in [-0.4, -0.2) is 28.4 Å². The summed E-state index contributed by atoms with van der Waals surface area (Å²) < 4.78 is 5.57. The van der Waals surface area contributed by atoms with Gasteiger partial charge in [-0.1, -0.05) is 11.6 Å².